The van der Waals surface area contributed by atoms with Crippen molar-refractivity contribution in [2.45, 2.75) is 32.1 Å². The molecule has 0 radical (unpaired) electrons. The van der Waals surface area contributed by atoms with Crippen LogP contribution in [0.15, 0.2) is 36.9 Å². The van der Waals surface area contributed by atoms with E-state index in [1.807, 2.05) is 24.3 Å². The lowest BCUT2D eigenvalue weighted by Crippen LogP contribution is -2.44. The van der Waals surface area contributed by atoms with Crippen LogP contribution in [0.25, 0.3) is 0 Å². The van der Waals surface area contributed by atoms with E-state index in [2.05, 4.69) is 23.9 Å². The first-order chi connectivity index (χ1) is 10.1. The van der Waals surface area contributed by atoms with Crippen molar-refractivity contribution in [1.82, 2.24) is 14.8 Å². The zero-order chi connectivity index (χ0) is 14.9. The van der Waals surface area contributed by atoms with Gasteiger partial charge in [0.25, 0.3) is 0 Å². The van der Waals surface area contributed by atoms with Crippen LogP contribution in [0.5, 0.6) is 0 Å². The van der Waals surface area contributed by atoms with Crippen LogP contribution in [0.3, 0.4) is 0 Å². The Morgan fingerprint density at radius 2 is 2.14 bits per heavy atom. The number of aromatic nitrogens is 3. The lowest BCUT2D eigenvalue weighted by Gasteiger charge is -2.35. The smallest absolute Gasteiger partial charge is 0.148 e. The van der Waals surface area contributed by atoms with Crippen molar-refractivity contribution >= 4 is 11.6 Å². The predicted octanol–water partition coefficient (Wildman–Crippen LogP) is 2.86. The Labute approximate surface area is 128 Å². The van der Waals surface area contributed by atoms with Crippen molar-refractivity contribution in [3.8, 4) is 0 Å². The second-order valence-corrected chi connectivity index (χ2v) is 6.02. The molecule has 3 rings (SSSR count). The van der Waals surface area contributed by atoms with Gasteiger partial charge in [-0.25, -0.2) is 9.67 Å². The van der Waals surface area contributed by atoms with Crippen LogP contribution in [0.4, 0.5) is 0 Å². The van der Waals surface area contributed by atoms with E-state index in [1.54, 1.807) is 11.0 Å². The van der Waals surface area contributed by atoms with Gasteiger partial charge in [-0.05, 0) is 23.6 Å². The van der Waals surface area contributed by atoms with Crippen LogP contribution < -0.4 is 0 Å². The predicted molar refractivity (Wildman–Crippen MR) is 78.8 cm³/mol. The minimum Gasteiger partial charge on any atom is -0.348 e. The van der Waals surface area contributed by atoms with Gasteiger partial charge >= 0.3 is 0 Å². The monoisotopic (exact) mass is 307 g/mol. The Hall–Kier alpha value is -1.43. The molecule has 1 saturated heterocycles. The molecule has 0 spiro atoms. The summed E-state index contributed by atoms with van der Waals surface area (Å²) in [6, 6.07) is 7.73. The average molecular weight is 308 g/mol. The average Bonchev–Trinajstić information content (AvgIpc) is 3.10. The maximum absolute atomic E-state index is 6.06. The van der Waals surface area contributed by atoms with Crippen LogP contribution in [0.1, 0.15) is 19.4 Å². The molecule has 112 valence electrons. The van der Waals surface area contributed by atoms with Gasteiger partial charge in [-0.1, -0.05) is 37.6 Å². The van der Waals surface area contributed by atoms with E-state index in [4.69, 9.17) is 21.1 Å². The van der Waals surface area contributed by atoms with Gasteiger partial charge in [-0.3, -0.25) is 0 Å². The molecule has 21 heavy (non-hydrogen) atoms. The third kappa shape index (κ3) is 2.69. The summed E-state index contributed by atoms with van der Waals surface area (Å²) in [6.07, 6.45) is 3.16. The van der Waals surface area contributed by atoms with Gasteiger partial charge in [0.1, 0.15) is 25.0 Å². The fraction of sp³-hybridized carbons (Fsp3) is 0.467. The van der Waals surface area contributed by atoms with Crippen molar-refractivity contribution in [2.24, 2.45) is 5.92 Å². The van der Waals surface area contributed by atoms with E-state index in [0.717, 1.165) is 5.56 Å². The molecular formula is C15H18ClN3O2. The summed E-state index contributed by atoms with van der Waals surface area (Å²) in [5.74, 6) is 0.312. The Kier molecular flexibility index (Phi) is 3.97. The number of halogens is 1. The standard InChI is InChI=1S/C15H18ClN3O2/c1-11(2)14-15(21-10-20-14,7-19-9-17-8-18-19)12-3-5-13(16)6-4-12/h3-6,8-9,11,14H,7,10H2,1-2H3/t14-,15+/m1/s1. The molecule has 0 aliphatic carbocycles. The van der Waals surface area contributed by atoms with E-state index in [1.165, 1.54) is 6.33 Å². The maximum atomic E-state index is 6.06. The molecule has 0 unspecified atom stereocenters. The third-order valence-electron chi connectivity index (χ3n) is 3.83. The SMILES string of the molecule is CC(C)[C@H]1OCO[C@@]1(Cn1cncn1)c1ccc(Cl)cc1. The summed E-state index contributed by atoms with van der Waals surface area (Å²) in [4.78, 5) is 4.01. The quantitative estimate of drug-likeness (QED) is 0.871. The Bertz CT molecular complexity index is 585. The highest BCUT2D eigenvalue weighted by Crippen LogP contribution is 2.41. The first-order valence-electron chi connectivity index (χ1n) is 6.96. The number of hydrogen-bond donors (Lipinski definition) is 0. The molecule has 0 bridgehead atoms. The molecule has 6 heteroatoms. The largest absolute Gasteiger partial charge is 0.348 e. The molecule has 2 heterocycles. The maximum Gasteiger partial charge on any atom is 0.148 e. The topological polar surface area (TPSA) is 49.2 Å². The molecule has 1 aromatic heterocycles. The van der Waals surface area contributed by atoms with Gasteiger partial charge in [0.05, 0.1) is 12.6 Å². The number of ether oxygens (including phenoxy) is 2. The fourth-order valence-electron chi connectivity index (χ4n) is 2.92. The molecule has 0 saturated carbocycles. The summed E-state index contributed by atoms with van der Waals surface area (Å²) in [5, 5.41) is 4.91. The summed E-state index contributed by atoms with van der Waals surface area (Å²) in [6.45, 7) is 5.09. The molecule has 1 aliphatic rings. The van der Waals surface area contributed by atoms with Crippen molar-refractivity contribution in [1.29, 1.82) is 0 Å². The minimum atomic E-state index is -0.577. The van der Waals surface area contributed by atoms with Gasteiger partial charge in [0, 0.05) is 5.02 Å². The van der Waals surface area contributed by atoms with E-state index < -0.39 is 5.60 Å². The van der Waals surface area contributed by atoms with E-state index in [-0.39, 0.29) is 12.9 Å². The zero-order valence-corrected chi connectivity index (χ0v) is 12.8. The Morgan fingerprint density at radius 1 is 1.38 bits per heavy atom. The molecule has 0 N–H and O–H groups in total. The summed E-state index contributed by atoms with van der Waals surface area (Å²) in [5.41, 5.74) is 0.463. The van der Waals surface area contributed by atoms with Crippen molar-refractivity contribution in [2.75, 3.05) is 6.79 Å². The normalized spacial score (nSPS) is 25.6. The molecule has 2 atom stereocenters. The first kappa shape index (κ1) is 14.5. The van der Waals surface area contributed by atoms with Crippen LogP contribution in [0, 0.1) is 5.92 Å². The van der Waals surface area contributed by atoms with Crippen LogP contribution >= 0.6 is 11.6 Å². The van der Waals surface area contributed by atoms with Gasteiger partial charge in [-0.2, -0.15) is 5.10 Å². The highest BCUT2D eigenvalue weighted by atomic mass is 35.5. The van der Waals surface area contributed by atoms with E-state index >= 15 is 0 Å². The molecule has 5 nitrogen and oxygen atoms in total. The van der Waals surface area contributed by atoms with Gasteiger partial charge in [-0.15, -0.1) is 0 Å². The van der Waals surface area contributed by atoms with Gasteiger partial charge in [0.2, 0.25) is 0 Å². The number of rotatable bonds is 4. The fourth-order valence-corrected chi connectivity index (χ4v) is 3.05. The minimum absolute atomic E-state index is 0.0529. The van der Waals surface area contributed by atoms with Crippen LogP contribution in [0.2, 0.25) is 5.02 Å². The highest BCUT2D eigenvalue weighted by Gasteiger charge is 2.49. The number of benzene rings is 1. The molecule has 0 amide bonds. The van der Waals surface area contributed by atoms with Crippen LogP contribution in [-0.2, 0) is 21.6 Å². The van der Waals surface area contributed by atoms with Gasteiger partial charge < -0.3 is 9.47 Å². The van der Waals surface area contributed by atoms with Crippen molar-refractivity contribution < 1.29 is 9.47 Å². The lowest BCUT2D eigenvalue weighted by molar-refractivity contribution is -0.0340. The van der Waals surface area contributed by atoms with Crippen molar-refractivity contribution in [3.05, 3.63) is 47.5 Å². The Morgan fingerprint density at radius 3 is 2.76 bits per heavy atom. The molecule has 1 fully saturated rings. The van der Waals surface area contributed by atoms with Gasteiger partial charge in [0.15, 0.2) is 0 Å². The highest BCUT2D eigenvalue weighted by molar-refractivity contribution is 6.30. The molecule has 1 aromatic carbocycles. The van der Waals surface area contributed by atoms with E-state index in [0.29, 0.717) is 17.5 Å². The number of nitrogens with zero attached hydrogens (tertiary/aromatic N) is 3. The summed E-state index contributed by atoms with van der Waals surface area (Å²) < 4.78 is 13.7. The molecule has 1 aliphatic heterocycles. The second-order valence-electron chi connectivity index (χ2n) is 5.58. The molecule has 2 aromatic rings. The third-order valence-corrected chi connectivity index (χ3v) is 4.08. The molecular weight excluding hydrogens is 290 g/mol. The lowest BCUT2D eigenvalue weighted by atomic mass is 9.82. The zero-order valence-electron chi connectivity index (χ0n) is 12.1. The summed E-state index contributed by atoms with van der Waals surface area (Å²) in [7, 11) is 0. The Balaban J connectivity index is 2.03. The van der Waals surface area contributed by atoms with E-state index in [9.17, 15) is 0 Å². The summed E-state index contributed by atoms with van der Waals surface area (Å²) >= 11 is 6.01. The second kappa shape index (κ2) is 5.75. The van der Waals surface area contributed by atoms with Crippen LogP contribution in [-0.4, -0.2) is 27.7 Å². The first-order valence-corrected chi connectivity index (χ1v) is 7.33. The van der Waals surface area contributed by atoms with Crippen molar-refractivity contribution in [3.63, 3.8) is 0 Å². The number of hydrogen-bond acceptors (Lipinski definition) is 4.